The molecule has 8 nitrogen and oxygen atoms in total. The normalized spacial score (nSPS) is 14.4. The number of alkyl carbamates (subject to hydrolysis) is 1. The zero-order valence-corrected chi connectivity index (χ0v) is 23.9. The molecule has 0 aliphatic rings. The van der Waals surface area contributed by atoms with Crippen molar-refractivity contribution in [2.24, 2.45) is 5.92 Å². The maximum atomic E-state index is 13.7. The largest absolute Gasteiger partial charge is 0.444 e. The number of hydrogen-bond donors (Lipinski definition) is 2. The van der Waals surface area contributed by atoms with Crippen LogP contribution in [0.3, 0.4) is 0 Å². The molecule has 2 N–H and O–H groups in total. The van der Waals surface area contributed by atoms with Gasteiger partial charge in [0.05, 0.1) is 23.1 Å². The highest BCUT2D eigenvalue weighted by atomic mass is 32.2. The van der Waals surface area contributed by atoms with Crippen molar-refractivity contribution in [2.45, 2.75) is 82.9 Å². The first kappa shape index (κ1) is 31.3. The van der Waals surface area contributed by atoms with Gasteiger partial charge in [0.2, 0.25) is 10.0 Å². The number of aliphatic hydroxyl groups excluding tert-OH is 1. The molecular weight excluding hydrogens is 502 g/mol. The number of nitrogens with zero attached hydrogens (tertiary/aromatic N) is 2. The topological polar surface area (TPSA) is 120 Å². The van der Waals surface area contributed by atoms with E-state index in [1.165, 1.54) is 4.31 Å². The Morgan fingerprint density at radius 2 is 1.74 bits per heavy atom. The highest BCUT2D eigenvalue weighted by Gasteiger charge is 2.33. The summed E-state index contributed by atoms with van der Waals surface area (Å²) < 4.78 is 34.2. The van der Waals surface area contributed by atoms with Gasteiger partial charge in [-0.15, -0.1) is 0 Å². The summed E-state index contributed by atoms with van der Waals surface area (Å²) in [4.78, 5) is 12.8. The summed E-state index contributed by atoms with van der Waals surface area (Å²) >= 11 is 0. The van der Waals surface area contributed by atoms with E-state index >= 15 is 0 Å². The van der Waals surface area contributed by atoms with Crippen LogP contribution in [0.25, 0.3) is 0 Å². The summed E-state index contributed by atoms with van der Waals surface area (Å²) in [5.74, 6) is -0.0616. The van der Waals surface area contributed by atoms with Crippen LogP contribution in [-0.2, 0) is 21.2 Å². The molecule has 208 valence electrons. The number of amides is 1. The molecule has 2 rings (SSSR count). The van der Waals surface area contributed by atoms with E-state index in [0.717, 1.165) is 11.1 Å². The van der Waals surface area contributed by atoms with Gasteiger partial charge in [0.15, 0.2) is 0 Å². The molecule has 2 aromatic rings. The monoisotopic (exact) mass is 543 g/mol. The zero-order chi connectivity index (χ0) is 28.3. The molecule has 0 heterocycles. The van der Waals surface area contributed by atoms with Crippen LogP contribution in [0.4, 0.5) is 4.79 Å². The molecule has 1 amide bonds. The maximum Gasteiger partial charge on any atom is 0.407 e. The van der Waals surface area contributed by atoms with Crippen LogP contribution in [-0.4, -0.2) is 54.8 Å². The number of carbonyl (C=O) groups excluding carboxylic acids is 1. The zero-order valence-electron chi connectivity index (χ0n) is 23.1. The molecule has 0 spiro atoms. The van der Waals surface area contributed by atoms with Gasteiger partial charge in [-0.05, 0) is 64.2 Å². The average Bonchev–Trinajstić information content (AvgIpc) is 2.85. The molecule has 0 bridgehead atoms. The molecule has 38 heavy (non-hydrogen) atoms. The number of aliphatic hydroxyl groups is 1. The second kappa shape index (κ2) is 14.3. The Hall–Kier alpha value is -2.93. The van der Waals surface area contributed by atoms with Gasteiger partial charge in [0.1, 0.15) is 5.60 Å². The second-order valence-electron chi connectivity index (χ2n) is 10.6. The van der Waals surface area contributed by atoms with Crippen molar-refractivity contribution < 1.29 is 23.1 Å². The fourth-order valence-corrected chi connectivity index (χ4v) is 5.59. The predicted molar refractivity (Wildman–Crippen MR) is 148 cm³/mol. The van der Waals surface area contributed by atoms with E-state index in [2.05, 4.69) is 11.4 Å². The van der Waals surface area contributed by atoms with Gasteiger partial charge in [-0.25, -0.2) is 13.2 Å². The molecule has 0 aromatic heterocycles. The van der Waals surface area contributed by atoms with Gasteiger partial charge in [-0.1, -0.05) is 61.4 Å². The number of ether oxygens (including phenoxy) is 1. The molecular formula is C29H41N3O5S. The van der Waals surface area contributed by atoms with Crippen LogP contribution in [0, 0.1) is 24.2 Å². The number of sulfonamides is 1. The summed E-state index contributed by atoms with van der Waals surface area (Å²) in [6, 6.07) is 17.3. The molecule has 0 aliphatic heterocycles. The summed E-state index contributed by atoms with van der Waals surface area (Å²) in [5, 5.41) is 23.2. The van der Waals surface area contributed by atoms with Crippen molar-refractivity contribution in [1.82, 2.24) is 9.62 Å². The third-order valence-corrected chi connectivity index (χ3v) is 8.06. The Balaban J connectivity index is 2.38. The highest BCUT2D eigenvalue weighted by molar-refractivity contribution is 7.89. The smallest absolute Gasteiger partial charge is 0.407 e. The first-order valence-corrected chi connectivity index (χ1v) is 14.4. The van der Waals surface area contributed by atoms with E-state index in [1.807, 2.05) is 44.2 Å². The molecule has 0 fully saturated rings. The van der Waals surface area contributed by atoms with Crippen LogP contribution < -0.4 is 5.32 Å². The van der Waals surface area contributed by atoms with Gasteiger partial charge >= 0.3 is 6.09 Å². The lowest BCUT2D eigenvalue weighted by Crippen LogP contribution is -2.52. The lowest BCUT2D eigenvalue weighted by molar-refractivity contribution is 0.0398. The Kier molecular flexibility index (Phi) is 11.8. The van der Waals surface area contributed by atoms with Crippen LogP contribution in [0.5, 0.6) is 0 Å². The minimum absolute atomic E-state index is 0.0616. The van der Waals surface area contributed by atoms with Crippen molar-refractivity contribution in [3.05, 3.63) is 65.7 Å². The molecule has 2 aromatic carbocycles. The van der Waals surface area contributed by atoms with Crippen LogP contribution in [0.2, 0.25) is 0 Å². The minimum Gasteiger partial charge on any atom is -0.444 e. The minimum atomic E-state index is -3.96. The standard InChI is InChI=1S/C29H41N3O5S/c1-6-23(13-10-18-30)20-32(38(35,36)25-16-14-22(2)15-17-25)21-27(33)26(19-24-11-8-7-9-12-24)31-28(34)37-29(3,4)5/h7-9,11-12,14-17,23,26-27,33H,6,10,13,19-21H2,1-5H3,(H,31,34)/t23?,26-,27?/m0/s1. The summed E-state index contributed by atoms with van der Waals surface area (Å²) in [5.41, 5.74) is 1.07. The number of nitrogens with one attached hydrogen (secondary N) is 1. The number of hydrogen-bond acceptors (Lipinski definition) is 6. The van der Waals surface area contributed by atoms with Gasteiger partial charge in [-0.2, -0.15) is 9.57 Å². The van der Waals surface area contributed by atoms with Crippen molar-refractivity contribution in [2.75, 3.05) is 13.1 Å². The van der Waals surface area contributed by atoms with E-state index < -0.39 is 33.9 Å². The van der Waals surface area contributed by atoms with E-state index in [0.29, 0.717) is 19.3 Å². The number of rotatable bonds is 13. The average molecular weight is 544 g/mol. The number of nitriles is 1. The van der Waals surface area contributed by atoms with Crippen molar-refractivity contribution in [3.8, 4) is 6.07 Å². The Bertz CT molecular complexity index is 1160. The number of carbonyl (C=O) groups is 1. The first-order valence-electron chi connectivity index (χ1n) is 13.0. The highest BCUT2D eigenvalue weighted by Crippen LogP contribution is 2.22. The summed E-state index contributed by atoms with van der Waals surface area (Å²) in [7, 11) is -3.96. The Morgan fingerprint density at radius 1 is 1.11 bits per heavy atom. The lowest BCUT2D eigenvalue weighted by atomic mass is 9.99. The molecule has 0 aliphatic carbocycles. The van der Waals surface area contributed by atoms with Crippen LogP contribution in [0.1, 0.15) is 58.1 Å². The number of benzene rings is 2. The van der Waals surface area contributed by atoms with E-state index in [-0.39, 0.29) is 30.3 Å². The van der Waals surface area contributed by atoms with Crippen molar-refractivity contribution in [3.63, 3.8) is 0 Å². The van der Waals surface area contributed by atoms with Crippen LogP contribution in [0.15, 0.2) is 59.5 Å². The van der Waals surface area contributed by atoms with Gasteiger partial charge in [0, 0.05) is 19.5 Å². The molecule has 0 radical (unpaired) electrons. The summed E-state index contributed by atoms with van der Waals surface area (Å²) in [6.45, 7) is 9.00. The molecule has 2 unspecified atom stereocenters. The Labute approximate surface area is 227 Å². The van der Waals surface area contributed by atoms with E-state index in [4.69, 9.17) is 10.00 Å². The fourth-order valence-electron chi connectivity index (χ4n) is 4.06. The van der Waals surface area contributed by atoms with E-state index in [1.54, 1.807) is 45.0 Å². The molecule has 0 saturated heterocycles. The summed E-state index contributed by atoms with van der Waals surface area (Å²) in [6.07, 6.45) is -0.0856. The fraction of sp³-hybridized carbons (Fsp3) is 0.517. The van der Waals surface area contributed by atoms with E-state index in [9.17, 15) is 18.3 Å². The SMILES string of the molecule is CCC(CCC#N)CN(CC(O)[C@H](Cc1ccccc1)NC(=O)OC(C)(C)C)S(=O)(=O)c1ccc(C)cc1. The van der Waals surface area contributed by atoms with Gasteiger partial charge < -0.3 is 15.2 Å². The second-order valence-corrected chi connectivity index (χ2v) is 12.6. The lowest BCUT2D eigenvalue weighted by Gasteiger charge is -2.32. The number of aryl methyl sites for hydroxylation is 1. The molecule has 0 saturated carbocycles. The maximum absolute atomic E-state index is 13.7. The third-order valence-electron chi connectivity index (χ3n) is 6.22. The van der Waals surface area contributed by atoms with Crippen molar-refractivity contribution in [1.29, 1.82) is 5.26 Å². The van der Waals surface area contributed by atoms with Gasteiger partial charge in [-0.3, -0.25) is 0 Å². The van der Waals surface area contributed by atoms with Crippen molar-refractivity contribution >= 4 is 16.1 Å². The Morgan fingerprint density at radius 3 is 2.29 bits per heavy atom. The van der Waals surface area contributed by atoms with Gasteiger partial charge in [0.25, 0.3) is 0 Å². The quantitative estimate of drug-likeness (QED) is 0.374. The molecule has 9 heteroatoms. The van der Waals surface area contributed by atoms with Crippen LogP contribution >= 0.6 is 0 Å². The first-order chi connectivity index (χ1) is 17.9. The third kappa shape index (κ3) is 10.1. The molecule has 3 atom stereocenters. The predicted octanol–water partition coefficient (Wildman–Crippen LogP) is 4.81.